The van der Waals surface area contributed by atoms with Gasteiger partial charge in [-0.3, -0.25) is 4.90 Å². The molecule has 1 aromatic heterocycles. The van der Waals surface area contributed by atoms with E-state index in [1.165, 1.54) is 36.2 Å². The van der Waals surface area contributed by atoms with Gasteiger partial charge in [0, 0.05) is 30.1 Å². The molecule has 21 heavy (non-hydrogen) atoms. The van der Waals surface area contributed by atoms with Gasteiger partial charge in [0.2, 0.25) is 0 Å². The number of hydrogen-bond donors (Lipinski definition) is 1. The van der Waals surface area contributed by atoms with Gasteiger partial charge in [-0.05, 0) is 33.4 Å². The molecule has 2 heterocycles. The molecule has 1 aromatic carbocycles. The van der Waals surface area contributed by atoms with Crippen LogP contribution in [0.5, 0.6) is 0 Å². The van der Waals surface area contributed by atoms with E-state index in [4.69, 9.17) is 4.98 Å². The van der Waals surface area contributed by atoms with Crippen LogP contribution in [0.1, 0.15) is 24.1 Å². The Labute approximate surface area is 131 Å². The van der Waals surface area contributed by atoms with Crippen molar-refractivity contribution in [3.8, 4) is 10.6 Å². The summed E-state index contributed by atoms with van der Waals surface area (Å²) in [6.45, 7) is 5.41. The minimum absolute atomic E-state index is 0.633. The molecule has 1 fully saturated rings. The van der Waals surface area contributed by atoms with Crippen LogP contribution < -0.4 is 5.32 Å². The van der Waals surface area contributed by atoms with Gasteiger partial charge in [-0.15, -0.1) is 11.3 Å². The Morgan fingerprint density at radius 1 is 1.33 bits per heavy atom. The molecular weight excluding hydrogens is 278 g/mol. The minimum Gasteiger partial charge on any atom is -0.316 e. The van der Waals surface area contributed by atoms with Crippen molar-refractivity contribution in [1.82, 2.24) is 15.2 Å². The fourth-order valence-electron chi connectivity index (χ4n) is 2.87. The van der Waals surface area contributed by atoms with Crippen LogP contribution in [0.4, 0.5) is 0 Å². The molecule has 1 aliphatic heterocycles. The lowest BCUT2D eigenvalue weighted by Gasteiger charge is -2.31. The second kappa shape index (κ2) is 6.69. The molecule has 1 aliphatic rings. The lowest BCUT2D eigenvalue weighted by Crippen LogP contribution is -2.43. The van der Waals surface area contributed by atoms with Crippen LogP contribution in [0.25, 0.3) is 10.6 Å². The SMILES string of the molecule is CNC1CCCN(Cc2csc(-c3ccc(C)cc3)n2)C1. The van der Waals surface area contributed by atoms with Gasteiger partial charge < -0.3 is 5.32 Å². The number of aromatic nitrogens is 1. The van der Waals surface area contributed by atoms with E-state index in [-0.39, 0.29) is 0 Å². The van der Waals surface area contributed by atoms with Crippen molar-refractivity contribution < 1.29 is 0 Å². The maximum atomic E-state index is 4.81. The largest absolute Gasteiger partial charge is 0.316 e. The van der Waals surface area contributed by atoms with Gasteiger partial charge in [0.05, 0.1) is 5.69 Å². The van der Waals surface area contributed by atoms with Crippen molar-refractivity contribution in [1.29, 1.82) is 0 Å². The molecule has 112 valence electrons. The molecule has 1 saturated heterocycles. The molecule has 4 heteroatoms. The highest BCUT2D eigenvalue weighted by atomic mass is 32.1. The van der Waals surface area contributed by atoms with Crippen LogP contribution in [-0.2, 0) is 6.54 Å². The first-order chi connectivity index (χ1) is 10.2. The molecule has 0 amide bonds. The highest BCUT2D eigenvalue weighted by Gasteiger charge is 2.19. The third kappa shape index (κ3) is 3.70. The zero-order valence-electron chi connectivity index (χ0n) is 12.8. The summed E-state index contributed by atoms with van der Waals surface area (Å²) in [5.41, 5.74) is 3.72. The molecule has 1 unspecified atom stereocenters. The number of rotatable bonds is 4. The van der Waals surface area contributed by atoms with Gasteiger partial charge in [-0.2, -0.15) is 0 Å². The molecule has 0 aliphatic carbocycles. The Morgan fingerprint density at radius 3 is 2.90 bits per heavy atom. The van der Waals surface area contributed by atoms with Crippen LogP contribution >= 0.6 is 11.3 Å². The van der Waals surface area contributed by atoms with E-state index in [0.29, 0.717) is 6.04 Å². The molecule has 1 atom stereocenters. The Kier molecular flexibility index (Phi) is 4.68. The summed E-state index contributed by atoms with van der Waals surface area (Å²) < 4.78 is 0. The third-order valence-corrected chi connectivity index (χ3v) is 5.09. The maximum absolute atomic E-state index is 4.81. The smallest absolute Gasteiger partial charge is 0.123 e. The summed E-state index contributed by atoms with van der Waals surface area (Å²) in [7, 11) is 2.06. The maximum Gasteiger partial charge on any atom is 0.123 e. The summed E-state index contributed by atoms with van der Waals surface area (Å²) in [6, 6.07) is 9.26. The van der Waals surface area contributed by atoms with Crippen molar-refractivity contribution in [3.05, 3.63) is 40.9 Å². The fourth-order valence-corrected chi connectivity index (χ4v) is 3.69. The number of thiazole rings is 1. The zero-order chi connectivity index (χ0) is 14.7. The highest BCUT2D eigenvalue weighted by Crippen LogP contribution is 2.25. The normalized spacial score (nSPS) is 19.8. The summed E-state index contributed by atoms with van der Waals surface area (Å²) in [6.07, 6.45) is 2.57. The molecular formula is C17H23N3S. The number of likely N-dealkylation sites (tertiary alicyclic amines) is 1. The fraction of sp³-hybridized carbons (Fsp3) is 0.471. The first-order valence-corrected chi connectivity index (χ1v) is 8.53. The minimum atomic E-state index is 0.633. The predicted octanol–water partition coefficient (Wildman–Crippen LogP) is 3.30. The van der Waals surface area contributed by atoms with Crippen molar-refractivity contribution in [2.75, 3.05) is 20.1 Å². The Bertz CT molecular complexity index is 576. The van der Waals surface area contributed by atoms with Gasteiger partial charge in [0.1, 0.15) is 5.01 Å². The lowest BCUT2D eigenvalue weighted by atomic mass is 10.1. The average molecular weight is 301 g/mol. The van der Waals surface area contributed by atoms with Crippen LogP contribution in [0.15, 0.2) is 29.6 Å². The predicted molar refractivity (Wildman–Crippen MR) is 89.6 cm³/mol. The first kappa shape index (κ1) is 14.7. The quantitative estimate of drug-likeness (QED) is 0.939. The van der Waals surface area contributed by atoms with E-state index < -0.39 is 0 Å². The Balaban J connectivity index is 1.66. The van der Waals surface area contributed by atoms with Gasteiger partial charge >= 0.3 is 0 Å². The van der Waals surface area contributed by atoms with Gasteiger partial charge in [0.15, 0.2) is 0 Å². The molecule has 0 bridgehead atoms. The summed E-state index contributed by atoms with van der Waals surface area (Å²) in [5, 5.41) is 6.73. The van der Waals surface area contributed by atoms with Crippen LogP contribution in [0, 0.1) is 6.92 Å². The van der Waals surface area contributed by atoms with Crippen LogP contribution in [0.3, 0.4) is 0 Å². The second-order valence-electron chi connectivity index (χ2n) is 5.87. The van der Waals surface area contributed by atoms with Crippen molar-refractivity contribution in [2.24, 2.45) is 0 Å². The van der Waals surface area contributed by atoms with Gasteiger partial charge in [0.25, 0.3) is 0 Å². The highest BCUT2D eigenvalue weighted by molar-refractivity contribution is 7.13. The summed E-state index contributed by atoms with van der Waals surface area (Å²) in [5.74, 6) is 0. The molecule has 0 radical (unpaired) electrons. The van der Waals surface area contributed by atoms with E-state index >= 15 is 0 Å². The van der Waals surface area contributed by atoms with Crippen molar-refractivity contribution in [2.45, 2.75) is 32.4 Å². The van der Waals surface area contributed by atoms with E-state index in [9.17, 15) is 0 Å². The monoisotopic (exact) mass is 301 g/mol. The van der Waals surface area contributed by atoms with Crippen LogP contribution in [0.2, 0.25) is 0 Å². The van der Waals surface area contributed by atoms with E-state index in [2.05, 4.69) is 53.8 Å². The molecule has 0 saturated carbocycles. The second-order valence-corrected chi connectivity index (χ2v) is 6.73. The standard InChI is InChI=1S/C17H23N3S/c1-13-5-7-14(8-6-13)17-19-16(12-21-17)11-20-9-3-4-15(10-20)18-2/h5-8,12,15,18H,3-4,9-11H2,1-2H3. The molecule has 1 N–H and O–H groups in total. The zero-order valence-corrected chi connectivity index (χ0v) is 13.6. The van der Waals surface area contributed by atoms with Gasteiger partial charge in [-0.25, -0.2) is 4.98 Å². The number of nitrogens with zero attached hydrogens (tertiary/aromatic N) is 2. The number of likely N-dealkylation sites (N-methyl/N-ethyl adjacent to an activating group) is 1. The van der Waals surface area contributed by atoms with Crippen LogP contribution in [-0.4, -0.2) is 36.1 Å². The summed E-state index contributed by atoms with van der Waals surface area (Å²) in [4.78, 5) is 7.32. The van der Waals surface area contributed by atoms with E-state index in [1.54, 1.807) is 11.3 Å². The van der Waals surface area contributed by atoms with Gasteiger partial charge in [-0.1, -0.05) is 29.8 Å². The topological polar surface area (TPSA) is 28.2 Å². The number of piperidine rings is 1. The van der Waals surface area contributed by atoms with E-state index in [0.717, 1.165) is 18.1 Å². The Hall–Kier alpha value is -1.23. The molecule has 2 aromatic rings. The lowest BCUT2D eigenvalue weighted by molar-refractivity contribution is 0.186. The number of aryl methyl sites for hydroxylation is 1. The summed E-state index contributed by atoms with van der Waals surface area (Å²) >= 11 is 1.75. The number of benzene rings is 1. The van der Waals surface area contributed by atoms with E-state index in [1.807, 2.05) is 0 Å². The van der Waals surface area contributed by atoms with Crippen molar-refractivity contribution in [3.63, 3.8) is 0 Å². The number of nitrogens with one attached hydrogen (secondary N) is 1. The molecule has 3 rings (SSSR count). The van der Waals surface area contributed by atoms with Crippen molar-refractivity contribution >= 4 is 11.3 Å². The molecule has 0 spiro atoms. The Morgan fingerprint density at radius 2 is 2.14 bits per heavy atom. The third-order valence-electron chi connectivity index (χ3n) is 4.15. The molecule has 3 nitrogen and oxygen atoms in total. The average Bonchev–Trinajstić information content (AvgIpc) is 2.96. The number of hydrogen-bond acceptors (Lipinski definition) is 4. The first-order valence-electron chi connectivity index (χ1n) is 7.65.